The summed E-state index contributed by atoms with van der Waals surface area (Å²) in [7, 11) is 0. The summed E-state index contributed by atoms with van der Waals surface area (Å²) in [6.45, 7) is 5.67. The standard InChI is InChI=1S/C21H26N6OS/c1-14-16(11-22)4-3-5-17(14)12-26-21(24)19-10-18(13-25-20(19)15(2)23)27-6-8-29(28)9-7-27/h3-5,10,13,26H,6-9,12,23-24H2,1-2H3/b20-15+,21-19+. The number of pyridine rings is 1. The van der Waals surface area contributed by atoms with Crippen molar-refractivity contribution in [2.75, 3.05) is 29.5 Å². The van der Waals surface area contributed by atoms with Crippen LogP contribution in [0.3, 0.4) is 0 Å². The molecule has 3 rings (SSSR count). The molecule has 2 heterocycles. The molecule has 0 aliphatic carbocycles. The molecule has 1 fully saturated rings. The molecule has 1 aliphatic rings. The van der Waals surface area contributed by atoms with E-state index in [4.69, 9.17) is 11.5 Å². The Morgan fingerprint density at radius 1 is 1.34 bits per heavy atom. The predicted molar refractivity (Wildman–Crippen MR) is 117 cm³/mol. The number of benzene rings is 1. The van der Waals surface area contributed by atoms with E-state index in [0.717, 1.165) is 35.1 Å². The summed E-state index contributed by atoms with van der Waals surface area (Å²) in [5, 5.41) is 13.8. The van der Waals surface area contributed by atoms with E-state index in [9.17, 15) is 9.81 Å². The van der Waals surface area contributed by atoms with E-state index in [0.29, 0.717) is 40.5 Å². The van der Waals surface area contributed by atoms with Crippen LogP contribution in [0.25, 0.3) is 11.5 Å². The van der Waals surface area contributed by atoms with Crippen molar-refractivity contribution in [2.24, 2.45) is 11.5 Å². The first-order valence-corrected chi connectivity index (χ1v) is 10.9. The lowest BCUT2D eigenvalue weighted by Gasteiger charge is -2.29. The van der Waals surface area contributed by atoms with Crippen LogP contribution in [0.2, 0.25) is 0 Å². The lowest BCUT2D eigenvalue weighted by atomic mass is 10.0. The number of nitrogens with one attached hydrogen (secondary N) is 1. The van der Waals surface area contributed by atoms with Gasteiger partial charge in [0.1, 0.15) is 17.3 Å². The third kappa shape index (κ3) is 4.75. The van der Waals surface area contributed by atoms with Crippen molar-refractivity contribution >= 4 is 28.4 Å². The van der Waals surface area contributed by atoms with Gasteiger partial charge >= 0.3 is 0 Å². The van der Waals surface area contributed by atoms with Crippen molar-refractivity contribution in [1.82, 2.24) is 10.3 Å². The first-order chi connectivity index (χ1) is 13.9. The van der Waals surface area contributed by atoms with E-state index in [1.54, 1.807) is 19.2 Å². The Morgan fingerprint density at radius 2 is 2.07 bits per heavy atom. The Balaban J connectivity index is 1.94. The highest BCUT2D eigenvalue weighted by Crippen LogP contribution is 2.14. The van der Waals surface area contributed by atoms with Crippen LogP contribution in [-0.2, 0) is 17.7 Å². The second kappa shape index (κ2) is 9.07. The van der Waals surface area contributed by atoms with Crippen LogP contribution in [0.4, 0.5) is 5.69 Å². The SMILES string of the molecule is C/C(N)=c1\ncc(N2CC[S+]([O-])CC2)c\c1=C(\N)NCc1cccc(C#N)c1C. The maximum atomic E-state index is 11.6. The molecule has 1 aliphatic heterocycles. The lowest BCUT2D eigenvalue weighted by Crippen LogP contribution is -2.43. The number of hydrogen-bond donors (Lipinski definition) is 3. The molecule has 5 N–H and O–H groups in total. The third-order valence-electron chi connectivity index (χ3n) is 5.12. The number of aromatic nitrogens is 1. The van der Waals surface area contributed by atoms with Gasteiger partial charge in [-0.2, -0.15) is 5.26 Å². The van der Waals surface area contributed by atoms with Gasteiger partial charge in [-0.1, -0.05) is 23.3 Å². The van der Waals surface area contributed by atoms with Crippen LogP contribution >= 0.6 is 0 Å². The van der Waals surface area contributed by atoms with Gasteiger partial charge in [-0.15, -0.1) is 0 Å². The van der Waals surface area contributed by atoms with Gasteiger partial charge in [-0.05, 0) is 37.1 Å². The molecule has 0 amide bonds. The third-order valence-corrected chi connectivity index (χ3v) is 6.39. The maximum Gasteiger partial charge on any atom is 0.123 e. The van der Waals surface area contributed by atoms with Crippen LogP contribution < -0.4 is 32.3 Å². The summed E-state index contributed by atoms with van der Waals surface area (Å²) < 4.78 is 11.6. The van der Waals surface area contributed by atoms with E-state index >= 15 is 0 Å². The van der Waals surface area contributed by atoms with E-state index in [-0.39, 0.29) is 0 Å². The average molecular weight is 411 g/mol. The van der Waals surface area contributed by atoms with Crippen molar-refractivity contribution < 1.29 is 4.55 Å². The maximum absolute atomic E-state index is 11.6. The largest absolute Gasteiger partial charge is 0.616 e. The topological polar surface area (TPSA) is 127 Å². The Hall–Kier alpha value is -2.89. The molecule has 1 aromatic carbocycles. The number of rotatable bonds is 4. The number of nitrogens with two attached hydrogens (primary N) is 2. The number of anilines is 1. The highest BCUT2D eigenvalue weighted by atomic mass is 32.2. The molecule has 0 atom stereocenters. The Morgan fingerprint density at radius 3 is 2.72 bits per heavy atom. The minimum absolute atomic E-state index is 0.474. The highest BCUT2D eigenvalue weighted by Gasteiger charge is 2.20. The van der Waals surface area contributed by atoms with Gasteiger partial charge in [0.15, 0.2) is 0 Å². The molecule has 2 aromatic rings. The van der Waals surface area contributed by atoms with Crippen LogP contribution in [-0.4, -0.2) is 34.1 Å². The van der Waals surface area contributed by atoms with Crippen LogP contribution in [0.1, 0.15) is 23.6 Å². The highest BCUT2D eigenvalue weighted by molar-refractivity contribution is 7.91. The van der Waals surface area contributed by atoms with Gasteiger partial charge in [-0.25, -0.2) is 0 Å². The fourth-order valence-electron chi connectivity index (χ4n) is 3.32. The molecule has 29 heavy (non-hydrogen) atoms. The van der Waals surface area contributed by atoms with Gasteiger partial charge in [-0.3, -0.25) is 4.98 Å². The zero-order chi connectivity index (χ0) is 21.0. The molecule has 8 heteroatoms. The first kappa shape index (κ1) is 20.8. The Kier molecular flexibility index (Phi) is 6.52. The molecular formula is C21H26N6OS. The van der Waals surface area contributed by atoms with Crippen molar-refractivity contribution in [1.29, 1.82) is 5.26 Å². The number of hydrogen-bond acceptors (Lipinski definition) is 7. The zero-order valence-corrected chi connectivity index (χ0v) is 17.6. The lowest BCUT2D eigenvalue weighted by molar-refractivity contribution is 0.585. The molecule has 0 bridgehead atoms. The summed E-state index contributed by atoms with van der Waals surface area (Å²) in [6, 6.07) is 9.82. The molecule has 1 saturated heterocycles. The van der Waals surface area contributed by atoms with Gasteiger partial charge in [0, 0.05) is 17.5 Å². The van der Waals surface area contributed by atoms with Crippen molar-refractivity contribution in [2.45, 2.75) is 20.4 Å². The van der Waals surface area contributed by atoms with Gasteiger partial charge < -0.3 is 26.2 Å². The second-order valence-corrected chi connectivity index (χ2v) is 8.77. The first-order valence-electron chi connectivity index (χ1n) is 9.45. The fraction of sp³-hybridized carbons (Fsp3) is 0.333. The molecule has 0 unspecified atom stereocenters. The summed E-state index contributed by atoms with van der Waals surface area (Å²) in [6.07, 6.45) is 1.79. The zero-order valence-electron chi connectivity index (χ0n) is 16.7. The summed E-state index contributed by atoms with van der Waals surface area (Å²) >= 11 is -0.741. The average Bonchev–Trinajstić information content (AvgIpc) is 2.72. The van der Waals surface area contributed by atoms with Crippen LogP contribution in [0.15, 0.2) is 30.5 Å². The fourth-order valence-corrected chi connectivity index (χ4v) is 4.38. The minimum atomic E-state index is -0.741. The van der Waals surface area contributed by atoms with E-state index < -0.39 is 11.2 Å². The van der Waals surface area contributed by atoms with Gasteiger partial charge in [0.05, 0.1) is 42.0 Å². The van der Waals surface area contributed by atoms with E-state index in [1.807, 2.05) is 25.1 Å². The molecular weight excluding hydrogens is 384 g/mol. The molecule has 0 spiro atoms. The summed E-state index contributed by atoms with van der Waals surface area (Å²) in [4.78, 5) is 6.70. The van der Waals surface area contributed by atoms with E-state index in [1.165, 1.54) is 0 Å². The quantitative estimate of drug-likeness (QED) is 0.592. The smallest absolute Gasteiger partial charge is 0.123 e. The van der Waals surface area contributed by atoms with Crippen molar-refractivity contribution in [3.63, 3.8) is 0 Å². The van der Waals surface area contributed by atoms with Gasteiger partial charge in [0.2, 0.25) is 0 Å². The van der Waals surface area contributed by atoms with Gasteiger partial charge in [0.25, 0.3) is 0 Å². The predicted octanol–water partition coefficient (Wildman–Crippen LogP) is -0.269. The monoisotopic (exact) mass is 410 g/mol. The Labute approximate surface area is 173 Å². The number of nitriles is 1. The van der Waals surface area contributed by atoms with Crippen LogP contribution in [0, 0.1) is 18.3 Å². The molecule has 0 radical (unpaired) electrons. The molecule has 152 valence electrons. The van der Waals surface area contributed by atoms with Crippen molar-refractivity contribution in [3.05, 3.63) is 57.7 Å². The summed E-state index contributed by atoms with van der Waals surface area (Å²) in [5.74, 6) is 1.79. The van der Waals surface area contributed by atoms with Crippen molar-refractivity contribution in [3.8, 4) is 6.07 Å². The second-order valence-electron chi connectivity index (χ2n) is 7.08. The summed E-state index contributed by atoms with van der Waals surface area (Å²) in [5.41, 5.74) is 16.5. The number of nitrogens with zero attached hydrogens (tertiary/aromatic N) is 3. The molecule has 1 aromatic heterocycles. The molecule has 0 saturated carbocycles. The van der Waals surface area contributed by atoms with E-state index in [2.05, 4.69) is 21.3 Å². The molecule has 7 nitrogen and oxygen atoms in total. The normalized spacial score (nSPS) is 16.8. The minimum Gasteiger partial charge on any atom is -0.616 e. The van der Waals surface area contributed by atoms with Crippen LogP contribution in [0.5, 0.6) is 0 Å². The Bertz CT molecular complexity index is 1050.